The molecule has 4 rings (SSSR count). The van der Waals surface area contributed by atoms with E-state index in [4.69, 9.17) is 46.9 Å². The first-order valence-electron chi connectivity index (χ1n) is 15.5. The van der Waals surface area contributed by atoms with Gasteiger partial charge in [0.15, 0.2) is 18.1 Å². The zero-order valence-corrected chi connectivity index (χ0v) is 28.4. The number of methoxy groups -OCH3 is 1. The number of anilines is 1. The average molecular weight is 714 g/mol. The topological polar surface area (TPSA) is 105 Å². The minimum Gasteiger partial charge on any atom is -0.495 e. The summed E-state index contributed by atoms with van der Waals surface area (Å²) in [5.74, 6) is -0.839. The second-order valence-electron chi connectivity index (χ2n) is 11.3. The van der Waals surface area contributed by atoms with E-state index >= 15 is 0 Å². The Balaban J connectivity index is 1.44. The highest BCUT2D eigenvalue weighted by atomic mass is 35.5. The lowest BCUT2D eigenvalue weighted by Crippen LogP contribution is -2.39. The summed E-state index contributed by atoms with van der Waals surface area (Å²) in [6.45, 7) is 6.36. The molecule has 1 N–H and O–H groups in total. The number of halogens is 4. The lowest BCUT2D eigenvalue weighted by atomic mass is 10.00. The van der Waals surface area contributed by atoms with Gasteiger partial charge in [0.2, 0.25) is 0 Å². The molecule has 1 atom stereocenters. The molecule has 1 aliphatic heterocycles. The molecule has 2 aromatic carbocycles. The number of ether oxygens (including phenoxy) is 6. The maximum absolute atomic E-state index is 13.1. The van der Waals surface area contributed by atoms with Crippen molar-refractivity contribution in [3.8, 4) is 17.2 Å². The largest absolute Gasteiger partial charge is 0.495 e. The number of carbonyl (C=O) groups excluding carboxylic acids is 2. The average Bonchev–Trinajstić information content (AvgIpc) is 3.89. The molecule has 0 radical (unpaired) electrons. The molecule has 262 valence electrons. The van der Waals surface area contributed by atoms with Crippen molar-refractivity contribution in [1.29, 1.82) is 0 Å². The van der Waals surface area contributed by atoms with E-state index in [2.05, 4.69) is 21.5 Å². The molecule has 0 amide bonds. The third-order valence-corrected chi connectivity index (χ3v) is 8.19. The number of carbonyl (C=O) groups is 2. The first kappa shape index (κ1) is 37.2. The monoisotopic (exact) mass is 712 g/mol. The van der Waals surface area contributed by atoms with Gasteiger partial charge >= 0.3 is 18.6 Å². The van der Waals surface area contributed by atoms with Crippen LogP contribution >= 0.6 is 23.2 Å². The minimum atomic E-state index is -3.07. The normalized spacial score (nSPS) is 16.1. The predicted molar refractivity (Wildman–Crippen MR) is 177 cm³/mol. The summed E-state index contributed by atoms with van der Waals surface area (Å²) in [6, 6.07) is 9.00. The maximum Gasteiger partial charge on any atom is 0.387 e. The van der Waals surface area contributed by atoms with Crippen molar-refractivity contribution in [2.24, 2.45) is 5.92 Å². The van der Waals surface area contributed by atoms with Gasteiger partial charge in [-0.2, -0.15) is 8.78 Å². The number of esters is 2. The van der Waals surface area contributed by atoms with Crippen LogP contribution in [0.25, 0.3) is 0 Å². The van der Waals surface area contributed by atoms with Crippen LogP contribution in [0.15, 0.2) is 58.6 Å². The van der Waals surface area contributed by atoms with E-state index in [0.717, 1.165) is 32.5 Å². The molecule has 14 heteroatoms. The summed E-state index contributed by atoms with van der Waals surface area (Å²) in [6.07, 6.45) is 0.927. The van der Waals surface area contributed by atoms with Gasteiger partial charge in [-0.15, -0.1) is 0 Å². The molecule has 0 unspecified atom stereocenters. The summed E-state index contributed by atoms with van der Waals surface area (Å²) < 4.78 is 58.5. The lowest BCUT2D eigenvalue weighted by molar-refractivity contribution is -0.153. The van der Waals surface area contributed by atoms with Crippen molar-refractivity contribution in [2.75, 3.05) is 65.0 Å². The third-order valence-electron chi connectivity index (χ3n) is 7.74. The fraction of sp³-hybridized carbons (Fsp3) is 0.471. The van der Waals surface area contributed by atoms with E-state index in [1.165, 1.54) is 31.4 Å². The van der Waals surface area contributed by atoms with Gasteiger partial charge in [-0.3, -0.25) is 4.90 Å². The molecule has 2 fully saturated rings. The van der Waals surface area contributed by atoms with E-state index in [-0.39, 0.29) is 28.5 Å². The molecule has 2 aromatic rings. The molecule has 1 saturated carbocycles. The fourth-order valence-electron chi connectivity index (χ4n) is 4.92. The lowest BCUT2D eigenvalue weighted by Gasteiger charge is -2.26. The predicted octanol–water partition coefficient (Wildman–Crippen LogP) is 6.93. The second kappa shape index (κ2) is 18.3. The van der Waals surface area contributed by atoms with Gasteiger partial charge in [0.1, 0.15) is 11.9 Å². The van der Waals surface area contributed by atoms with Crippen LogP contribution in [0.4, 0.5) is 14.5 Å². The molecule has 48 heavy (non-hydrogen) atoms. The van der Waals surface area contributed by atoms with Crippen LogP contribution in [0.2, 0.25) is 0 Å². The summed E-state index contributed by atoms with van der Waals surface area (Å²) in [5.41, 5.74) is 1.59. The van der Waals surface area contributed by atoms with E-state index in [0.29, 0.717) is 59.9 Å². The first-order chi connectivity index (χ1) is 23.0. The Morgan fingerprint density at radius 2 is 1.81 bits per heavy atom. The maximum atomic E-state index is 13.1. The van der Waals surface area contributed by atoms with Crippen LogP contribution in [0, 0.1) is 5.92 Å². The van der Waals surface area contributed by atoms with Crippen molar-refractivity contribution >= 4 is 40.8 Å². The molecule has 0 spiro atoms. The van der Waals surface area contributed by atoms with E-state index < -0.39 is 31.3 Å². The van der Waals surface area contributed by atoms with Crippen molar-refractivity contribution in [1.82, 2.24) is 4.90 Å². The molecule has 0 aromatic heterocycles. The van der Waals surface area contributed by atoms with Crippen LogP contribution in [-0.4, -0.2) is 83.2 Å². The number of morpholine rings is 1. The number of allylic oxidation sites excluding steroid dienone is 2. The van der Waals surface area contributed by atoms with Gasteiger partial charge in [0.05, 0.1) is 38.2 Å². The molecular formula is C34H40Cl2F2N2O8. The number of benzene rings is 2. The number of hydrogen-bond donors (Lipinski definition) is 1. The zero-order chi connectivity index (χ0) is 34.6. The van der Waals surface area contributed by atoms with Crippen molar-refractivity contribution in [2.45, 2.75) is 38.9 Å². The van der Waals surface area contributed by atoms with Crippen molar-refractivity contribution < 1.29 is 46.8 Å². The van der Waals surface area contributed by atoms with E-state index in [1.807, 2.05) is 0 Å². The summed E-state index contributed by atoms with van der Waals surface area (Å²) in [7, 11) is 1.53. The molecule has 2 aliphatic rings. The molecule has 10 nitrogen and oxygen atoms in total. The molecule has 1 saturated heterocycles. The second-order valence-corrected chi connectivity index (χ2v) is 12.3. The van der Waals surface area contributed by atoms with Crippen LogP contribution in [0.1, 0.15) is 48.2 Å². The third kappa shape index (κ3) is 11.5. The molecular weight excluding hydrogens is 673 g/mol. The van der Waals surface area contributed by atoms with E-state index in [9.17, 15) is 18.4 Å². The standard InChI is InChI=1S/C34H40Cl2F2N2O8/c1-21(35)26(22(2)36)18-30(24-6-9-29(48-34(37)38)31(17-24)45-19-23-4-5-23)47-32(41)20-46-33(42)25-7-8-28(43-3)27(16-25)39-10-11-40-12-14-44-15-13-40/h6-9,16-17,23,30,34,39H,1,4-5,10-15,18-20H2,2-3H3/b26-22+/t30-/m0/s1. The Labute approximate surface area is 288 Å². The van der Waals surface area contributed by atoms with Crippen LogP contribution in [0.5, 0.6) is 17.2 Å². The Morgan fingerprint density at radius 3 is 2.46 bits per heavy atom. The highest BCUT2D eigenvalue weighted by Crippen LogP contribution is 2.39. The number of rotatable bonds is 18. The fourth-order valence-corrected chi connectivity index (χ4v) is 5.38. The van der Waals surface area contributed by atoms with Gasteiger partial charge in [0.25, 0.3) is 0 Å². The number of nitrogens with one attached hydrogen (secondary N) is 1. The van der Waals surface area contributed by atoms with Gasteiger partial charge in [-0.05, 0) is 67.2 Å². The Hall–Kier alpha value is -3.58. The number of nitrogens with zero attached hydrogens (tertiary/aromatic N) is 1. The van der Waals surface area contributed by atoms with Crippen LogP contribution in [-0.2, 0) is 19.0 Å². The van der Waals surface area contributed by atoms with Crippen molar-refractivity contribution in [3.63, 3.8) is 0 Å². The van der Waals surface area contributed by atoms with Gasteiger partial charge in [-0.1, -0.05) is 35.8 Å². The van der Waals surface area contributed by atoms with Gasteiger partial charge in [-0.25, -0.2) is 9.59 Å². The van der Waals surface area contributed by atoms with Crippen LogP contribution < -0.4 is 19.5 Å². The van der Waals surface area contributed by atoms with Gasteiger partial charge < -0.3 is 33.7 Å². The summed E-state index contributed by atoms with van der Waals surface area (Å²) in [5, 5.41) is 3.74. The molecule has 1 heterocycles. The van der Waals surface area contributed by atoms with Crippen LogP contribution in [0.3, 0.4) is 0 Å². The Morgan fingerprint density at radius 1 is 1.08 bits per heavy atom. The Bertz CT molecular complexity index is 1460. The highest BCUT2D eigenvalue weighted by Gasteiger charge is 2.26. The van der Waals surface area contributed by atoms with Gasteiger partial charge in [0, 0.05) is 42.7 Å². The summed E-state index contributed by atoms with van der Waals surface area (Å²) in [4.78, 5) is 28.3. The minimum absolute atomic E-state index is 0.00751. The number of hydrogen-bond acceptors (Lipinski definition) is 10. The number of alkyl halides is 2. The SMILES string of the molecule is C=C(Cl)/C(C[C@H](OC(=O)COC(=O)c1ccc(OC)c(NCCN2CCOCC2)c1)c1ccc(OC(F)F)c(OCC2CC2)c1)=C(\C)Cl. The molecule has 0 bridgehead atoms. The summed E-state index contributed by atoms with van der Waals surface area (Å²) >= 11 is 12.5. The smallest absolute Gasteiger partial charge is 0.387 e. The highest BCUT2D eigenvalue weighted by molar-refractivity contribution is 6.35. The Kier molecular flexibility index (Phi) is 14.2. The zero-order valence-electron chi connectivity index (χ0n) is 26.9. The quantitative estimate of drug-likeness (QED) is 0.129. The van der Waals surface area contributed by atoms with Crippen molar-refractivity contribution in [3.05, 3.63) is 69.7 Å². The van der Waals surface area contributed by atoms with E-state index in [1.54, 1.807) is 19.1 Å². The first-order valence-corrected chi connectivity index (χ1v) is 16.3. The molecule has 1 aliphatic carbocycles.